The molecule has 1 aliphatic rings. The normalized spacial score (nSPS) is 32.5. The Balaban J connectivity index is 2.74. The van der Waals surface area contributed by atoms with E-state index in [4.69, 9.17) is 10.3 Å². The summed E-state index contributed by atoms with van der Waals surface area (Å²) in [7, 11) is 0. The highest BCUT2D eigenvalue weighted by Gasteiger charge is 2.39. The summed E-state index contributed by atoms with van der Waals surface area (Å²) in [6.45, 7) is 3.19. The van der Waals surface area contributed by atoms with E-state index in [2.05, 4.69) is 10.0 Å². The van der Waals surface area contributed by atoms with Gasteiger partial charge in [0.1, 0.15) is 18.0 Å². The van der Waals surface area contributed by atoms with Crippen LogP contribution in [0.2, 0.25) is 0 Å². The molecule has 1 aliphatic heterocycles. The average Bonchev–Trinajstić information content (AvgIpc) is 2.37. The van der Waals surface area contributed by atoms with E-state index >= 15 is 0 Å². The number of ether oxygens (including phenoxy) is 1. The molecule has 0 saturated carbocycles. The van der Waals surface area contributed by atoms with Gasteiger partial charge in [-0.2, -0.15) is 0 Å². The van der Waals surface area contributed by atoms with Crippen molar-refractivity contribution in [3.8, 4) is 0 Å². The van der Waals surface area contributed by atoms with Crippen LogP contribution in [0, 0.1) is 5.92 Å². The molecule has 0 aromatic carbocycles. The van der Waals surface area contributed by atoms with Gasteiger partial charge in [-0.05, 0) is 25.0 Å². The van der Waals surface area contributed by atoms with Gasteiger partial charge in [0.15, 0.2) is 0 Å². The zero-order valence-electron chi connectivity index (χ0n) is 11.1. The second-order valence-corrected chi connectivity index (χ2v) is 4.69. The van der Waals surface area contributed by atoms with Crippen molar-refractivity contribution in [1.82, 2.24) is 0 Å². The average molecular weight is 269 g/mol. The van der Waals surface area contributed by atoms with Crippen LogP contribution in [0.25, 0.3) is 10.4 Å². The largest absolute Gasteiger partial charge is 0.492 e. The van der Waals surface area contributed by atoms with Crippen LogP contribution in [-0.4, -0.2) is 40.9 Å². The molecule has 0 radical (unpaired) electrons. The lowest BCUT2D eigenvalue weighted by Crippen LogP contribution is -2.49. The molecule has 1 rings (SSSR count). The van der Waals surface area contributed by atoms with Crippen molar-refractivity contribution in [2.24, 2.45) is 11.0 Å². The first-order valence-corrected chi connectivity index (χ1v) is 6.20. The minimum Gasteiger partial charge on any atom is -0.492 e. The summed E-state index contributed by atoms with van der Waals surface area (Å²) in [5.41, 5.74) is 8.28. The Morgan fingerprint density at radius 3 is 2.79 bits per heavy atom. The molecule has 0 aliphatic carbocycles. The fourth-order valence-electron chi connectivity index (χ4n) is 1.95. The van der Waals surface area contributed by atoms with Gasteiger partial charge in [0.25, 0.3) is 0 Å². The molecule has 106 valence electrons. The topological polar surface area (TPSA) is 116 Å². The first-order valence-electron chi connectivity index (χ1n) is 6.20. The van der Waals surface area contributed by atoms with Crippen molar-refractivity contribution >= 4 is 5.78 Å². The van der Waals surface area contributed by atoms with Crippen LogP contribution in [0.1, 0.15) is 26.7 Å². The standard InChI is InChI=1S/C12H19N3O4/c1-7(16)4-3-5-9-8(2)11(17)12(18)10(19-9)6-14-15-13/h5,8,10-12,17-18H,3-4,6H2,1-2H3/b9-5+/t8?,10?,11-,12-/m1/s1. The van der Waals surface area contributed by atoms with Crippen molar-refractivity contribution in [2.75, 3.05) is 6.54 Å². The zero-order valence-corrected chi connectivity index (χ0v) is 11.1. The maximum Gasteiger partial charge on any atom is 0.132 e. The predicted octanol–water partition coefficient (Wildman–Crippen LogP) is 1.31. The number of hydrogen-bond donors (Lipinski definition) is 2. The quantitative estimate of drug-likeness (QED) is 0.444. The van der Waals surface area contributed by atoms with Gasteiger partial charge in [-0.25, -0.2) is 0 Å². The van der Waals surface area contributed by atoms with E-state index in [0.717, 1.165) is 0 Å². The molecule has 0 aromatic heterocycles. The maximum absolute atomic E-state index is 10.9. The van der Waals surface area contributed by atoms with Crippen molar-refractivity contribution in [1.29, 1.82) is 0 Å². The summed E-state index contributed by atoms with van der Waals surface area (Å²) in [4.78, 5) is 13.5. The van der Waals surface area contributed by atoms with E-state index < -0.39 is 18.3 Å². The Hall–Kier alpha value is -1.56. The molecule has 7 heteroatoms. The molecule has 7 nitrogen and oxygen atoms in total. The van der Waals surface area contributed by atoms with Gasteiger partial charge in [-0.3, -0.25) is 0 Å². The fraction of sp³-hybridized carbons (Fsp3) is 0.750. The summed E-state index contributed by atoms with van der Waals surface area (Å²) in [6, 6.07) is 0. The Morgan fingerprint density at radius 1 is 1.53 bits per heavy atom. The lowest BCUT2D eigenvalue weighted by molar-refractivity contribution is -0.125. The third-order valence-electron chi connectivity index (χ3n) is 3.15. The molecule has 2 N–H and O–H groups in total. The van der Waals surface area contributed by atoms with Gasteiger partial charge >= 0.3 is 0 Å². The predicted molar refractivity (Wildman–Crippen MR) is 68.1 cm³/mol. The molecule has 0 spiro atoms. The molecule has 4 atom stereocenters. The number of carbonyl (C=O) groups is 1. The number of allylic oxidation sites excluding steroid dienone is 1. The lowest BCUT2D eigenvalue weighted by atomic mass is 9.90. The number of rotatable bonds is 5. The van der Waals surface area contributed by atoms with E-state index in [1.807, 2.05) is 0 Å². The first-order chi connectivity index (χ1) is 8.97. The summed E-state index contributed by atoms with van der Waals surface area (Å²) < 4.78 is 5.54. The molecular weight excluding hydrogens is 250 g/mol. The van der Waals surface area contributed by atoms with Gasteiger partial charge in [-0.15, -0.1) is 0 Å². The molecule has 2 unspecified atom stereocenters. The number of aliphatic hydroxyl groups excluding tert-OH is 2. The Kier molecular flexibility index (Phi) is 5.82. The number of nitrogens with zero attached hydrogens (tertiary/aromatic N) is 3. The summed E-state index contributed by atoms with van der Waals surface area (Å²) in [5, 5.41) is 23.1. The van der Waals surface area contributed by atoms with Crippen molar-refractivity contribution < 1.29 is 19.7 Å². The molecule has 1 fully saturated rings. The molecule has 1 saturated heterocycles. The number of ketones is 1. The highest BCUT2D eigenvalue weighted by molar-refractivity contribution is 5.75. The highest BCUT2D eigenvalue weighted by Crippen LogP contribution is 2.29. The van der Waals surface area contributed by atoms with Crippen LogP contribution < -0.4 is 0 Å². The van der Waals surface area contributed by atoms with Crippen molar-refractivity contribution in [3.05, 3.63) is 22.3 Å². The summed E-state index contributed by atoms with van der Waals surface area (Å²) in [5.74, 6) is 0.244. The maximum atomic E-state index is 10.9. The van der Waals surface area contributed by atoms with Crippen LogP contribution in [-0.2, 0) is 9.53 Å². The SMILES string of the molecule is CC(=O)CC/C=C1/OC(CN=[N+]=[N-])[C@@H](O)[C@H](O)C1C. The van der Waals surface area contributed by atoms with Crippen LogP contribution >= 0.6 is 0 Å². The second kappa shape index (κ2) is 7.13. The minimum atomic E-state index is -1.09. The monoisotopic (exact) mass is 269 g/mol. The zero-order chi connectivity index (χ0) is 14.4. The summed E-state index contributed by atoms with van der Waals surface area (Å²) >= 11 is 0. The smallest absolute Gasteiger partial charge is 0.132 e. The van der Waals surface area contributed by atoms with Crippen LogP contribution in [0.15, 0.2) is 16.9 Å². The second-order valence-electron chi connectivity index (χ2n) is 4.69. The van der Waals surface area contributed by atoms with Crippen LogP contribution in [0.3, 0.4) is 0 Å². The van der Waals surface area contributed by atoms with Gasteiger partial charge in [0, 0.05) is 17.3 Å². The first kappa shape index (κ1) is 15.5. The number of azide groups is 1. The molecule has 1 heterocycles. The Labute approximate surface area is 111 Å². The fourth-order valence-corrected chi connectivity index (χ4v) is 1.95. The van der Waals surface area contributed by atoms with Crippen LogP contribution in [0.4, 0.5) is 0 Å². The molecule has 0 bridgehead atoms. The third kappa shape index (κ3) is 4.24. The minimum absolute atomic E-state index is 0.0501. The van der Waals surface area contributed by atoms with Crippen LogP contribution in [0.5, 0.6) is 0 Å². The van der Waals surface area contributed by atoms with Gasteiger partial charge in [0.05, 0.1) is 18.4 Å². The van der Waals surface area contributed by atoms with E-state index in [-0.39, 0.29) is 18.2 Å². The van der Waals surface area contributed by atoms with Gasteiger partial charge in [0.2, 0.25) is 0 Å². The van der Waals surface area contributed by atoms with E-state index in [1.165, 1.54) is 6.92 Å². The number of hydrogen-bond acceptors (Lipinski definition) is 5. The molecule has 0 aromatic rings. The van der Waals surface area contributed by atoms with Gasteiger partial charge < -0.3 is 19.7 Å². The number of aliphatic hydroxyl groups is 2. The van der Waals surface area contributed by atoms with Crippen molar-refractivity contribution in [2.45, 2.75) is 45.0 Å². The third-order valence-corrected chi connectivity index (χ3v) is 3.15. The van der Waals surface area contributed by atoms with E-state index in [1.54, 1.807) is 13.0 Å². The number of Topliss-reactive ketones (excluding diaryl/α,β-unsaturated/α-hetero) is 1. The highest BCUT2D eigenvalue weighted by atomic mass is 16.5. The Morgan fingerprint density at radius 2 is 2.21 bits per heavy atom. The van der Waals surface area contributed by atoms with E-state index in [9.17, 15) is 15.0 Å². The lowest BCUT2D eigenvalue weighted by Gasteiger charge is -2.38. The van der Waals surface area contributed by atoms with Gasteiger partial charge in [-0.1, -0.05) is 12.0 Å². The van der Waals surface area contributed by atoms with Crippen molar-refractivity contribution in [3.63, 3.8) is 0 Å². The Bertz CT molecular complexity index is 404. The molecular formula is C12H19N3O4. The number of carbonyl (C=O) groups excluding carboxylic acids is 1. The molecule has 0 amide bonds. The van der Waals surface area contributed by atoms with E-state index in [0.29, 0.717) is 18.6 Å². The molecule has 19 heavy (non-hydrogen) atoms. The summed E-state index contributed by atoms with van der Waals surface area (Å²) in [6.07, 6.45) is -0.164.